The quantitative estimate of drug-likeness (QED) is 0.309. The fraction of sp³-hybridized carbons (Fsp3) is 0.350. The van der Waals surface area contributed by atoms with Gasteiger partial charge in [0.25, 0.3) is 0 Å². The molecule has 0 aliphatic carbocycles. The Morgan fingerprint density at radius 1 is 1.32 bits per heavy atom. The Hall–Kier alpha value is -2.79. The third kappa shape index (κ3) is 5.47. The van der Waals surface area contributed by atoms with Gasteiger partial charge >= 0.3 is 5.97 Å². The van der Waals surface area contributed by atoms with Crippen molar-refractivity contribution in [1.29, 1.82) is 0 Å². The highest BCUT2D eigenvalue weighted by molar-refractivity contribution is 6.32. The SMILES string of the molecule is NC(CO)(Cc1noc2cc(OCc3ccc(F)cn3)c(Cl)cc12)C(=O)OCCCO. The second-order valence-corrected chi connectivity index (χ2v) is 7.28. The summed E-state index contributed by atoms with van der Waals surface area (Å²) in [4.78, 5) is 16.2. The highest BCUT2D eigenvalue weighted by Crippen LogP contribution is 2.33. The van der Waals surface area contributed by atoms with E-state index in [0.717, 1.165) is 6.20 Å². The first-order chi connectivity index (χ1) is 14.9. The number of nitrogens with two attached hydrogens (primary N) is 1. The van der Waals surface area contributed by atoms with Gasteiger partial charge in [-0.25, -0.2) is 9.18 Å². The van der Waals surface area contributed by atoms with Crippen molar-refractivity contribution in [3.8, 4) is 5.75 Å². The molecule has 0 saturated heterocycles. The maximum atomic E-state index is 13.0. The van der Waals surface area contributed by atoms with Crippen LogP contribution in [0.25, 0.3) is 11.0 Å². The molecule has 31 heavy (non-hydrogen) atoms. The number of hydrogen-bond acceptors (Lipinski definition) is 9. The second kappa shape index (κ2) is 10.0. The summed E-state index contributed by atoms with van der Waals surface area (Å²) in [5.74, 6) is -0.974. The molecule has 4 N–H and O–H groups in total. The number of carbonyl (C=O) groups is 1. The number of aliphatic hydroxyl groups excluding tert-OH is 2. The number of carbonyl (C=O) groups excluding carboxylic acids is 1. The van der Waals surface area contributed by atoms with E-state index in [2.05, 4.69) is 10.1 Å². The van der Waals surface area contributed by atoms with E-state index < -0.39 is 23.9 Å². The summed E-state index contributed by atoms with van der Waals surface area (Å²) in [5.41, 5.74) is 5.43. The van der Waals surface area contributed by atoms with E-state index in [0.29, 0.717) is 28.1 Å². The molecule has 0 aliphatic rings. The molecule has 3 aromatic rings. The normalized spacial score (nSPS) is 13.2. The molecule has 2 heterocycles. The van der Waals surface area contributed by atoms with Gasteiger partial charge in [0, 0.05) is 30.9 Å². The molecular weight excluding hydrogens is 433 g/mol. The maximum Gasteiger partial charge on any atom is 0.328 e. The topological polar surface area (TPSA) is 141 Å². The van der Waals surface area contributed by atoms with Crippen LogP contribution in [0.4, 0.5) is 4.39 Å². The number of nitrogens with zero attached hydrogens (tertiary/aromatic N) is 2. The molecule has 3 rings (SSSR count). The van der Waals surface area contributed by atoms with Gasteiger partial charge in [0.05, 0.1) is 35.8 Å². The highest BCUT2D eigenvalue weighted by atomic mass is 35.5. The Kier molecular flexibility index (Phi) is 7.39. The number of benzene rings is 1. The van der Waals surface area contributed by atoms with Crippen LogP contribution in [0, 0.1) is 5.82 Å². The third-order valence-corrected chi connectivity index (χ3v) is 4.77. The molecule has 9 nitrogen and oxygen atoms in total. The Bertz CT molecular complexity index is 1050. The summed E-state index contributed by atoms with van der Waals surface area (Å²) >= 11 is 6.30. The van der Waals surface area contributed by atoms with E-state index >= 15 is 0 Å². The van der Waals surface area contributed by atoms with Gasteiger partial charge in [0.2, 0.25) is 0 Å². The van der Waals surface area contributed by atoms with Gasteiger partial charge in [0.1, 0.15) is 23.7 Å². The second-order valence-electron chi connectivity index (χ2n) is 6.87. The molecule has 1 atom stereocenters. The summed E-state index contributed by atoms with van der Waals surface area (Å²) in [6, 6.07) is 5.83. The van der Waals surface area contributed by atoms with Gasteiger partial charge in [-0.3, -0.25) is 4.98 Å². The molecule has 1 unspecified atom stereocenters. The Balaban J connectivity index is 1.76. The molecule has 166 valence electrons. The molecule has 0 aliphatic heterocycles. The Morgan fingerprint density at radius 3 is 2.81 bits per heavy atom. The zero-order chi connectivity index (χ0) is 22.4. The van der Waals surface area contributed by atoms with Crippen LogP contribution < -0.4 is 10.5 Å². The van der Waals surface area contributed by atoms with Gasteiger partial charge in [-0.1, -0.05) is 16.8 Å². The van der Waals surface area contributed by atoms with Gasteiger partial charge in [0.15, 0.2) is 5.58 Å². The summed E-state index contributed by atoms with van der Waals surface area (Å²) < 4.78 is 28.9. The zero-order valence-electron chi connectivity index (χ0n) is 16.4. The van der Waals surface area contributed by atoms with Crippen LogP contribution in [0.15, 0.2) is 35.0 Å². The fourth-order valence-electron chi connectivity index (χ4n) is 2.74. The number of ether oxygens (including phenoxy) is 2. The van der Waals surface area contributed by atoms with Crippen molar-refractivity contribution in [1.82, 2.24) is 10.1 Å². The van der Waals surface area contributed by atoms with Crippen LogP contribution >= 0.6 is 11.6 Å². The standard InChI is InChI=1S/C20H21ClFN3O6/c21-15-6-14-16(8-20(23,11-27)19(28)29-5-1-4-26)25-31-17(14)7-18(15)30-10-13-3-2-12(22)9-24-13/h2-3,6-7,9,26-27H,1,4-5,8,10-11,23H2. The minimum atomic E-state index is -1.74. The zero-order valence-corrected chi connectivity index (χ0v) is 17.1. The maximum absolute atomic E-state index is 13.0. The summed E-state index contributed by atoms with van der Waals surface area (Å²) in [7, 11) is 0. The van der Waals surface area contributed by atoms with E-state index in [-0.39, 0.29) is 37.7 Å². The van der Waals surface area contributed by atoms with Crippen molar-refractivity contribution in [2.24, 2.45) is 5.73 Å². The minimum absolute atomic E-state index is 0.0245. The first-order valence-electron chi connectivity index (χ1n) is 9.35. The number of aromatic nitrogens is 2. The molecule has 1 aromatic carbocycles. The number of halogens is 2. The van der Waals surface area contributed by atoms with E-state index in [4.69, 9.17) is 36.4 Å². The van der Waals surface area contributed by atoms with Crippen LogP contribution in [0.3, 0.4) is 0 Å². The number of hydrogen-bond donors (Lipinski definition) is 3. The first kappa shape index (κ1) is 22.9. The lowest BCUT2D eigenvalue weighted by molar-refractivity contribution is -0.152. The lowest BCUT2D eigenvalue weighted by Crippen LogP contribution is -2.54. The molecule has 0 bridgehead atoms. The molecule has 0 spiro atoms. The summed E-state index contributed by atoms with van der Waals surface area (Å²) in [6.07, 6.45) is 1.18. The number of esters is 1. The van der Waals surface area contributed by atoms with Gasteiger partial charge < -0.3 is 29.9 Å². The van der Waals surface area contributed by atoms with E-state index in [1.807, 2.05) is 0 Å². The van der Waals surface area contributed by atoms with E-state index in [9.17, 15) is 14.3 Å². The molecule has 0 fully saturated rings. The molecule has 0 radical (unpaired) electrons. The van der Waals surface area contributed by atoms with Crippen molar-refractivity contribution in [3.63, 3.8) is 0 Å². The van der Waals surface area contributed by atoms with Crippen LogP contribution in [0.5, 0.6) is 5.75 Å². The highest BCUT2D eigenvalue weighted by Gasteiger charge is 2.37. The Morgan fingerprint density at radius 2 is 2.13 bits per heavy atom. The van der Waals surface area contributed by atoms with Gasteiger partial charge in [-0.15, -0.1) is 0 Å². The van der Waals surface area contributed by atoms with Crippen LogP contribution in [0.1, 0.15) is 17.8 Å². The lowest BCUT2D eigenvalue weighted by Gasteiger charge is -2.24. The van der Waals surface area contributed by atoms with Crippen molar-refractivity contribution in [2.75, 3.05) is 19.8 Å². The summed E-state index contributed by atoms with van der Waals surface area (Å²) in [6.45, 7) is -0.789. The van der Waals surface area contributed by atoms with Crippen LogP contribution in [0.2, 0.25) is 5.02 Å². The molecule has 0 saturated carbocycles. The number of aliphatic hydroxyl groups is 2. The first-order valence-corrected chi connectivity index (χ1v) is 9.73. The average Bonchev–Trinajstić information content (AvgIpc) is 3.14. The lowest BCUT2D eigenvalue weighted by atomic mass is 9.94. The monoisotopic (exact) mass is 453 g/mol. The van der Waals surface area contributed by atoms with Gasteiger partial charge in [-0.2, -0.15) is 0 Å². The number of fused-ring (bicyclic) bond motifs is 1. The summed E-state index contributed by atoms with van der Waals surface area (Å²) in [5, 5.41) is 23.1. The van der Waals surface area contributed by atoms with Crippen LogP contribution in [-0.4, -0.2) is 51.7 Å². The smallest absolute Gasteiger partial charge is 0.328 e. The fourth-order valence-corrected chi connectivity index (χ4v) is 2.95. The van der Waals surface area contributed by atoms with Crippen molar-refractivity contribution in [3.05, 3.63) is 52.7 Å². The predicted octanol–water partition coefficient (Wildman–Crippen LogP) is 1.75. The average molecular weight is 454 g/mol. The van der Waals surface area contributed by atoms with Crippen molar-refractivity contribution < 1.29 is 33.4 Å². The van der Waals surface area contributed by atoms with Gasteiger partial charge in [-0.05, 0) is 18.2 Å². The number of rotatable bonds is 10. The third-order valence-electron chi connectivity index (χ3n) is 4.47. The van der Waals surface area contributed by atoms with Crippen molar-refractivity contribution in [2.45, 2.75) is 25.0 Å². The molecule has 0 amide bonds. The van der Waals surface area contributed by atoms with E-state index in [1.165, 1.54) is 18.2 Å². The predicted molar refractivity (Wildman–Crippen MR) is 108 cm³/mol. The van der Waals surface area contributed by atoms with E-state index in [1.54, 1.807) is 6.07 Å². The Labute approximate surface area is 181 Å². The number of pyridine rings is 1. The largest absolute Gasteiger partial charge is 0.486 e. The van der Waals surface area contributed by atoms with Crippen molar-refractivity contribution >= 4 is 28.5 Å². The molecule has 2 aromatic heterocycles. The molecular formula is C20H21ClFN3O6. The van der Waals surface area contributed by atoms with Crippen LogP contribution in [-0.2, 0) is 22.6 Å². The minimum Gasteiger partial charge on any atom is -0.486 e. The molecule has 11 heteroatoms.